The lowest BCUT2D eigenvalue weighted by atomic mass is 9.99. The first-order valence-corrected chi connectivity index (χ1v) is 6.67. The molecule has 0 aliphatic heterocycles. The highest BCUT2D eigenvalue weighted by atomic mass is 35.5. The van der Waals surface area contributed by atoms with Crippen molar-refractivity contribution in [3.05, 3.63) is 56.5 Å². The number of alkyl halides is 3. The van der Waals surface area contributed by atoms with Crippen LogP contribution in [0.5, 0.6) is 0 Å². The fourth-order valence-electron chi connectivity index (χ4n) is 1.84. The van der Waals surface area contributed by atoms with E-state index < -0.39 is 11.7 Å². The topological polar surface area (TPSA) is 0 Å². The van der Waals surface area contributed by atoms with Crippen molar-refractivity contribution < 1.29 is 13.2 Å². The quantitative estimate of drug-likeness (QED) is 0.511. The van der Waals surface area contributed by atoms with Crippen molar-refractivity contribution in [2.24, 2.45) is 0 Å². The van der Waals surface area contributed by atoms with Crippen molar-refractivity contribution in [1.29, 1.82) is 0 Å². The van der Waals surface area contributed by atoms with Gasteiger partial charge in [0.2, 0.25) is 0 Å². The van der Waals surface area contributed by atoms with E-state index in [4.69, 9.17) is 34.8 Å². The summed E-state index contributed by atoms with van der Waals surface area (Å²) in [6.07, 6.45) is -4.41. The van der Waals surface area contributed by atoms with Crippen LogP contribution in [0.4, 0.5) is 13.2 Å². The van der Waals surface area contributed by atoms with Crippen LogP contribution in [-0.4, -0.2) is 0 Å². The van der Waals surface area contributed by atoms with Gasteiger partial charge in [0.1, 0.15) is 0 Å². The summed E-state index contributed by atoms with van der Waals surface area (Å²) in [6.45, 7) is 1.41. The minimum absolute atomic E-state index is 0.125. The molecule has 0 heterocycles. The molecule has 2 rings (SSSR count). The van der Waals surface area contributed by atoms with Gasteiger partial charge in [-0.1, -0.05) is 53.0 Å². The first kappa shape index (κ1) is 15.5. The van der Waals surface area contributed by atoms with Crippen molar-refractivity contribution in [2.45, 2.75) is 13.1 Å². The number of halogens is 6. The maximum atomic E-state index is 12.9. The fourth-order valence-corrected chi connectivity index (χ4v) is 2.49. The summed E-state index contributed by atoms with van der Waals surface area (Å²) in [5.41, 5.74) is 0.202. The highest BCUT2D eigenvalue weighted by molar-refractivity contribution is 6.49. The molecule has 0 atom stereocenters. The lowest BCUT2D eigenvalue weighted by Gasteiger charge is -2.13. The Hall–Kier alpha value is -0.900. The molecule has 0 aliphatic carbocycles. The summed E-state index contributed by atoms with van der Waals surface area (Å²) in [5, 5.41) is 0.514. The van der Waals surface area contributed by atoms with Gasteiger partial charge >= 0.3 is 6.18 Å². The average molecular weight is 340 g/mol. The van der Waals surface area contributed by atoms with E-state index in [-0.39, 0.29) is 20.6 Å². The van der Waals surface area contributed by atoms with Gasteiger partial charge in [-0.25, -0.2) is 0 Å². The molecule has 0 saturated carbocycles. The van der Waals surface area contributed by atoms with Crippen LogP contribution in [0.3, 0.4) is 0 Å². The van der Waals surface area contributed by atoms with Crippen molar-refractivity contribution in [2.75, 3.05) is 0 Å². The van der Waals surface area contributed by atoms with Crippen LogP contribution in [0.15, 0.2) is 30.3 Å². The van der Waals surface area contributed by atoms with Crippen LogP contribution in [0.2, 0.25) is 15.1 Å². The van der Waals surface area contributed by atoms with Gasteiger partial charge in [-0.15, -0.1) is 0 Å². The highest BCUT2D eigenvalue weighted by Crippen LogP contribution is 2.40. The third-order valence-corrected chi connectivity index (χ3v) is 4.18. The summed E-state index contributed by atoms with van der Waals surface area (Å²) < 4.78 is 38.7. The molecule has 0 saturated heterocycles. The Bertz CT molecular complexity index is 663. The molecule has 0 aliphatic rings. The second-order valence-electron chi connectivity index (χ2n) is 4.25. The molecule has 0 N–H and O–H groups in total. The predicted molar refractivity (Wildman–Crippen MR) is 76.6 cm³/mol. The van der Waals surface area contributed by atoms with E-state index in [1.54, 1.807) is 12.1 Å². The van der Waals surface area contributed by atoms with E-state index in [2.05, 4.69) is 0 Å². The molecular formula is C14H8Cl3F3. The summed E-state index contributed by atoms with van der Waals surface area (Å²) in [6, 6.07) is 7.06. The van der Waals surface area contributed by atoms with Gasteiger partial charge in [0, 0.05) is 5.56 Å². The molecule has 0 unspecified atom stereocenters. The van der Waals surface area contributed by atoms with Gasteiger partial charge in [0.25, 0.3) is 0 Å². The Morgan fingerprint density at radius 3 is 2.15 bits per heavy atom. The SMILES string of the molecule is Cc1ccc(-c2ccc(Cl)c(Cl)c2Cl)cc1C(F)(F)F. The van der Waals surface area contributed by atoms with Crippen LogP contribution in [0.1, 0.15) is 11.1 Å². The number of aryl methyl sites for hydroxylation is 1. The van der Waals surface area contributed by atoms with Crippen LogP contribution in [0, 0.1) is 6.92 Å². The van der Waals surface area contributed by atoms with Gasteiger partial charge in [0.15, 0.2) is 0 Å². The monoisotopic (exact) mass is 338 g/mol. The highest BCUT2D eigenvalue weighted by Gasteiger charge is 2.32. The van der Waals surface area contributed by atoms with Crippen LogP contribution in [0.25, 0.3) is 11.1 Å². The fraction of sp³-hybridized carbons (Fsp3) is 0.143. The van der Waals surface area contributed by atoms with Gasteiger partial charge in [0.05, 0.1) is 20.6 Å². The number of hydrogen-bond donors (Lipinski definition) is 0. The zero-order valence-corrected chi connectivity index (χ0v) is 12.4. The molecule has 0 spiro atoms. The number of hydrogen-bond acceptors (Lipinski definition) is 0. The van der Waals surface area contributed by atoms with E-state index in [1.165, 1.54) is 19.1 Å². The molecule has 0 radical (unpaired) electrons. The molecule has 0 fully saturated rings. The number of benzene rings is 2. The van der Waals surface area contributed by atoms with Crippen molar-refractivity contribution in [3.63, 3.8) is 0 Å². The molecule has 0 nitrogen and oxygen atoms in total. The molecule has 0 aromatic heterocycles. The molecule has 20 heavy (non-hydrogen) atoms. The van der Waals surface area contributed by atoms with Gasteiger partial charge < -0.3 is 0 Å². The average Bonchev–Trinajstić information content (AvgIpc) is 2.36. The molecule has 0 bridgehead atoms. The predicted octanol–water partition coefficient (Wildman–Crippen LogP) is 6.64. The number of rotatable bonds is 1. The van der Waals surface area contributed by atoms with E-state index in [0.717, 1.165) is 6.07 Å². The van der Waals surface area contributed by atoms with E-state index in [9.17, 15) is 13.2 Å². The lowest BCUT2D eigenvalue weighted by Crippen LogP contribution is -2.07. The zero-order chi connectivity index (χ0) is 15.1. The van der Waals surface area contributed by atoms with Crippen LogP contribution < -0.4 is 0 Å². The van der Waals surface area contributed by atoms with Gasteiger partial charge in [-0.3, -0.25) is 0 Å². The standard InChI is InChI=1S/C14H8Cl3F3/c1-7-2-3-8(6-10(7)14(18,19)20)9-4-5-11(15)13(17)12(9)16/h2-6H,1H3. The maximum Gasteiger partial charge on any atom is 0.416 e. The summed E-state index contributed by atoms with van der Waals surface area (Å²) in [7, 11) is 0. The summed E-state index contributed by atoms with van der Waals surface area (Å²) in [5.74, 6) is 0. The summed E-state index contributed by atoms with van der Waals surface area (Å²) >= 11 is 17.8. The van der Waals surface area contributed by atoms with Crippen molar-refractivity contribution in [3.8, 4) is 11.1 Å². The third kappa shape index (κ3) is 2.90. The maximum absolute atomic E-state index is 12.9. The normalized spacial score (nSPS) is 11.8. The second-order valence-corrected chi connectivity index (χ2v) is 5.41. The zero-order valence-electron chi connectivity index (χ0n) is 10.2. The molecule has 6 heteroatoms. The lowest BCUT2D eigenvalue weighted by molar-refractivity contribution is -0.138. The largest absolute Gasteiger partial charge is 0.416 e. The second kappa shape index (κ2) is 5.47. The molecule has 106 valence electrons. The van der Waals surface area contributed by atoms with Crippen LogP contribution >= 0.6 is 34.8 Å². The smallest absolute Gasteiger partial charge is 0.166 e. The molecule has 0 amide bonds. The van der Waals surface area contributed by atoms with Crippen molar-refractivity contribution >= 4 is 34.8 Å². The van der Waals surface area contributed by atoms with Gasteiger partial charge in [-0.2, -0.15) is 13.2 Å². The third-order valence-electron chi connectivity index (χ3n) is 2.89. The Morgan fingerprint density at radius 1 is 0.900 bits per heavy atom. The Morgan fingerprint density at radius 2 is 1.55 bits per heavy atom. The Labute approximate surface area is 129 Å². The Kier molecular flexibility index (Phi) is 4.24. The summed E-state index contributed by atoms with van der Waals surface area (Å²) in [4.78, 5) is 0. The van der Waals surface area contributed by atoms with E-state index in [0.29, 0.717) is 11.1 Å². The first-order chi connectivity index (χ1) is 9.21. The molecule has 2 aromatic rings. The van der Waals surface area contributed by atoms with Crippen molar-refractivity contribution in [1.82, 2.24) is 0 Å². The minimum atomic E-state index is -4.41. The van der Waals surface area contributed by atoms with Crippen LogP contribution in [-0.2, 0) is 6.18 Å². The minimum Gasteiger partial charge on any atom is -0.166 e. The first-order valence-electron chi connectivity index (χ1n) is 5.53. The van der Waals surface area contributed by atoms with Gasteiger partial charge in [-0.05, 0) is 30.2 Å². The molecular weight excluding hydrogens is 332 g/mol. The molecule has 2 aromatic carbocycles. The van der Waals surface area contributed by atoms with E-state index >= 15 is 0 Å². The van der Waals surface area contributed by atoms with E-state index in [1.807, 2.05) is 0 Å². The Balaban J connectivity index is 2.63.